The van der Waals surface area contributed by atoms with Crippen LogP contribution in [0.5, 0.6) is 0 Å². The van der Waals surface area contributed by atoms with Crippen LogP contribution >= 0.6 is 11.6 Å². The second-order valence-corrected chi connectivity index (χ2v) is 7.20. The van der Waals surface area contributed by atoms with Crippen molar-refractivity contribution in [2.24, 2.45) is 11.8 Å². The summed E-state index contributed by atoms with van der Waals surface area (Å²) < 4.78 is 5.91. The lowest BCUT2D eigenvalue weighted by molar-refractivity contribution is -0.000276. The van der Waals surface area contributed by atoms with E-state index in [-0.39, 0.29) is 0 Å². The molecule has 0 bridgehead atoms. The number of aliphatic hydroxyl groups is 1. The third-order valence-electron chi connectivity index (χ3n) is 4.97. The fourth-order valence-corrected chi connectivity index (χ4v) is 3.69. The molecular weight excluding hydrogens is 284 g/mol. The molecule has 1 aromatic carbocycles. The van der Waals surface area contributed by atoms with E-state index >= 15 is 0 Å². The van der Waals surface area contributed by atoms with Gasteiger partial charge in [0.05, 0.1) is 0 Å². The van der Waals surface area contributed by atoms with E-state index in [1.54, 1.807) is 0 Å². The van der Waals surface area contributed by atoms with Gasteiger partial charge in [-0.15, -0.1) is 0 Å². The van der Waals surface area contributed by atoms with Crippen LogP contribution in [0.2, 0.25) is 5.02 Å². The molecular formula is C18H23ClO2. The van der Waals surface area contributed by atoms with E-state index < -0.39 is 5.60 Å². The maximum Gasteiger partial charge on any atom is 0.136 e. The molecule has 0 amide bonds. The molecule has 0 spiro atoms. The topological polar surface area (TPSA) is 33.4 Å². The Hall–Kier alpha value is -0.990. The van der Waals surface area contributed by atoms with Crippen molar-refractivity contribution in [3.05, 3.63) is 35.0 Å². The average Bonchev–Trinajstić information content (AvgIpc) is 2.75. The second-order valence-electron chi connectivity index (χ2n) is 6.76. The lowest BCUT2D eigenvalue weighted by atomic mass is 9.87. The Balaban J connectivity index is 1.89. The van der Waals surface area contributed by atoms with Crippen LogP contribution in [0.1, 0.15) is 51.7 Å². The van der Waals surface area contributed by atoms with Crippen molar-refractivity contribution in [2.75, 3.05) is 0 Å². The maximum absolute atomic E-state index is 11.1. The Morgan fingerprint density at radius 3 is 2.81 bits per heavy atom. The molecule has 21 heavy (non-hydrogen) atoms. The minimum atomic E-state index is -0.824. The average molecular weight is 307 g/mol. The summed E-state index contributed by atoms with van der Waals surface area (Å²) in [4.78, 5) is 0. The molecule has 3 heteroatoms. The fourth-order valence-electron chi connectivity index (χ4n) is 3.51. The molecule has 0 radical (unpaired) electrons. The molecule has 1 fully saturated rings. The number of fused-ring (bicyclic) bond motifs is 1. The van der Waals surface area contributed by atoms with Crippen molar-refractivity contribution in [3.63, 3.8) is 0 Å². The monoisotopic (exact) mass is 306 g/mol. The predicted molar refractivity (Wildman–Crippen MR) is 86.5 cm³/mol. The number of hydrogen-bond donors (Lipinski definition) is 1. The lowest BCUT2D eigenvalue weighted by Crippen LogP contribution is -2.24. The normalized spacial score (nSPS) is 27.2. The Bertz CT molecular complexity index is 631. The Kier molecular flexibility index (Phi) is 4.02. The second kappa shape index (κ2) is 5.66. The van der Waals surface area contributed by atoms with E-state index in [2.05, 4.69) is 13.8 Å². The standard InChI is InChI=1S/C18H23ClO2/c1-12(2)13-4-3-8-18(20,9-7-13)17-11-14-10-15(19)5-6-16(14)21-17/h5-6,10-13,20H,3-4,7-9H2,1-2H3. The third-order valence-corrected chi connectivity index (χ3v) is 5.21. The number of halogens is 1. The van der Waals surface area contributed by atoms with Crippen LogP contribution in [0.15, 0.2) is 28.7 Å². The highest BCUT2D eigenvalue weighted by atomic mass is 35.5. The van der Waals surface area contributed by atoms with Crippen molar-refractivity contribution in [1.82, 2.24) is 0 Å². The first-order valence-corrected chi connectivity index (χ1v) is 8.28. The van der Waals surface area contributed by atoms with E-state index in [1.165, 1.54) is 6.42 Å². The van der Waals surface area contributed by atoms with Gasteiger partial charge in [0.15, 0.2) is 0 Å². The first kappa shape index (κ1) is 14.9. The van der Waals surface area contributed by atoms with Crippen LogP contribution in [0.3, 0.4) is 0 Å². The minimum Gasteiger partial charge on any atom is -0.458 e. The predicted octanol–water partition coefficient (Wildman–Crippen LogP) is 5.51. The fraction of sp³-hybridized carbons (Fsp3) is 0.556. The minimum absolute atomic E-state index is 0.682. The van der Waals surface area contributed by atoms with Crippen molar-refractivity contribution < 1.29 is 9.52 Å². The lowest BCUT2D eigenvalue weighted by Gasteiger charge is -2.24. The number of furan rings is 1. The number of hydrogen-bond acceptors (Lipinski definition) is 2. The van der Waals surface area contributed by atoms with E-state index in [0.717, 1.165) is 36.7 Å². The van der Waals surface area contributed by atoms with Crippen LogP contribution < -0.4 is 0 Å². The third kappa shape index (κ3) is 2.97. The van der Waals surface area contributed by atoms with Gasteiger partial charge in [-0.2, -0.15) is 0 Å². The zero-order valence-electron chi connectivity index (χ0n) is 12.7. The summed E-state index contributed by atoms with van der Waals surface area (Å²) in [6.45, 7) is 4.55. The van der Waals surface area contributed by atoms with Gasteiger partial charge in [0.1, 0.15) is 16.9 Å². The summed E-state index contributed by atoms with van der Waals surface area (Å²) in [6.07, 6.45) is 4.88. The zero-order chi connectivity index (χ0) is 15.0. The van der Waals surface area contributed by atoms with Crippen LogP contribution in [0.25, 0.3) is 11.0 Å². The molecule has 1 aliphatic rings. The van der Waals surface area contributed by atoms with Crippen molar-refractivity contribution in [2.45, 2.75) is 51.6 Å². The van der Waals surface area contributed by atoms with Gasteiger partial charge >= 0.3 is 0 Å². The van der Waals surface area contributed by atoms with Gasteiger partial charge in [0.2, 0.25) is 0 Å². The summed E-state index contributed by atoms with van der Waals surface area (Å²) in [6, 6.07) is 7.54. The highest BCUT2D eigenvalue weighted by Crippen LogP contribution is 2.41. The van der Waals surface area contributed by atoms with Gasteiger partial charge in [-0.1, -0.05) is 31.9 Å². The van der Waals surface area contributed by atoms with Gasteiger partial charge in [-0.25, -0.2) is 0 Å². The summed E-state index contributed by atoms with van der Waals surface area (Å²) in [5, 5.41) is 12.7. The zero-order valence-corrected chi connectivity index (χ0v) is 13.5. The first-order chi connectivity index (χ1) is 9.98. The van der Waals surface area contributed by atoms with E-state index in [0.29, 0.717) is 22.6 Å². The van der Waals surface area contributed by atoms with Crippen molar-refractivity contribution >= 4 is 22.6 Å². The van der Waals surface area contributed by atoms with Gasteiger partial charge in [-0.3, -0.25) is 0 Å². The van der Waals surface area contributed by atoms with Gasteiger partial charge in [0, 0.05) is 10.4 Å². The van der Waals surface area contributed by atoms with Gasteiger partial charge in [-0.05, 0) is 61.8 Å². The Labute approximate surface area is 131 Å². The van der Waals surface area contributed by atoms with Crippen LogP contribution in [-0.2, 0) is 5.60 Å². The maximum atomic E-state index is 11.1. The molecule has 2 aromatic rings. The molecule has 2 nitrogen and oxygen atoms in total. The molecule has 3 rings (SSSR count). The van der Waals surface area contributed by atoms with Crippen molar-refractivity contribution in [3.8, 4) is 0 Å². The smallest absolute Gasteiger partial charge is 0.136 e. The molecule has 2 atom stereocenters. The SMILES string of the molecule is CC(C)C1CCCC(O)(c2cc3cc(Cl)ccc3o2)CC1. The molecule has 2 unspecified atom stereocenters. The summed E-state index contributed by atoms with van der Waals surface area (Å²) >= 11 is 6.02. The van der Waals surface area contributed by atoms with Gasteiger partial charge in [0.25, 0.3) is 0 Å². The molecule has 1 aromatic heterocycles. The summed E-state index contributed by atoms with van der Waals surface area (Å²) in [5.74, 6) is 2.09. The molecule has 1 heterocycles. The molecule has 0 aliphatic heterocycles. The molecule has 1 saturated carbocycles. The van der Waals surface area contributed by atoms with Crippen LogP contribution in [0, 0.1) is 11.8 Å². The highest BCUT2D eigenvalue weighted by molar-refractivity contribution is 6.31. The van der Waals surface area contributed by atoms with E-state index in [9.17, 15) is 5.11 Å². The van der Waals surface area contributed by atoms with Crippen LogP contribution in [0.4, 0.5) is 0 Å². The summed E-state index contributed by atoms with van der Waals surface area (Å²) in [7, 11) is 0. The Morgan fingerprint density at radius 1 is 1.24 bits per heavy atom. The van der Waals surface area contributed by atoms with E-state index in [1.807, 2.05) is 24.3 Å². The Morgan fingerprint density at radius 2 is 2.05 bits per heavy atom. The number of benzene rings is 1. The number of rotatable bonds is 2. The highest BCUT2D eigenvalue weighted by Gasteiger charge is 2.36. The summed E-state index contributed by atoms with van der Waals surface area (Å²) in [5.41, 5.74) is -0.0257. The van der Waals surface area contributed by atoms with Crippen LogP contribution in [-0.4, -0.2) is 5.11 Å². The van der Waals surface area contributed by atoms with E-state index in [4.69, 9.17) is 16.0 Å². The molecule has 1 N–H and O–H groups in total. The largest absolute Gasteiger partial charge is 0.458 e. The molecule has 0 saturated heterocycles. The molecule has 114 valence electrons. The molecule has 1 aliphatic carbocycles. The van der Waals surface area contributed by atoms with Gasteiger partial charge < -0.3 is 9.52 Å². The van der Waals surface area contributed by atoms with Crippen molar-refractivity contribution in [1.29, 1.82) is 0 Å². The quantitative estimate of drug-likeness (QED) is 0.742. The first-order valence-electron chi connectivity index (χ1n) is 7.90.